The molecule has 0 spiro atoms. The Kier molecular flexibility index (Phi) is 6.34. The lowest BCUT2D eigenvalue weighted by atomic mass is 10.1. The van der Waals surface area contributed by atoms with Crippen molar-refractivity contribution >= 4 is 17.3 Å². The molecule has 1 aromatic carbocycles. The Hall–Kier alpha value is -0.770. The third kappa shape index (κ3) is 4.94. The molecule has 4 heteroatoms. The Labute approximate surface area is 108 Å². The summed E-state index contributed by atoms with van der Waals surface area (Å²) in [5, 5.41) is 4.15. The topological polar surface area (TPSA) is 47.3 Å². The molecule has 0 saturated carbocycles. The van der Waals surface area contributed by atoms with Crippen molar-refractivity contribution in [3.8, 4) is 0 Å². The maximum Gasteiger partial charge on any atom is 0.0664 e. The predicted molar refractivity (Wildman–Crippen MR) is 73.8 cm³/mol. The maximum atomic E-state index is 6.15. The predicted octanol–water partition coefficient (Wildman–Crippen LogP) is 2.81. The summed E-state index contributed by atoms with van der Waals surface area (Å²) in [4.78, 5) is 0. The van der Waals surface area contributed by atoms with Crippen LogP contribution >= 0.6 is 11.6 Å². The standard InChI is InChI=1S/C13H21ClN2O/c1-10-5-6-12(14)13(8-10)16-11(9-17-2)4-3-7-15/h5-6,8,11,16H,3-4,7,9,15H2,1-2H3. The van der Waals surface area contributed by atoms with E-state index in [4.69, 9.17) is 22.1 Å². The van der Waals surface area contributed by atoms with E-state index >= 15 is 0 Å². The number of halogens is 1. The molecule has 0 heterocycles. The second kappa shape index (κ2) is 7.54. The first-order valence-corrected chi connectivity index (χ1v) is 6.27. The molecule has 96 valence electrons. The Bertz CT molecular complexity index is 344. The zero-order chi connectivity index (χ0) is 12.7. The van der Waals surface area contributed by atoms with Crippen LogP contribution in [0.3, 0.4) is 0 Å². The molecule has 0 bridgehead atoms. The average molecular weight is 257 g/mol. The van der Waals surface area contributed by atoms with Crippen LogP contribution in [0, 0.1) is 6.92 Å². The van der Waals surface area contributed by atoms with Gasteiger partial charge in [-0.1, -0.05) is 17.7 Å². The summed E-state index contributed by atoms with van der Waals surface area (Å²) in [7, 11) is 1.70. The molecule has 3 nitrogen and oxygen atoms in total. The summed E-state index contributed by atoms with van der Waals surface area (Å²) >= 11 is 6.15. The first-order valence-electron chi connectivity index (χ1n) is 5.89. The van der Waals surface area contributed by atoms with Crippen LogP contribution in [-0.2, 0) is 4.74 Å². The number of hydrogen-bond acceptors (Lipinski definition) is 3. The van der Waals surface area contributed by atoms with Crippen molar-refractivity contribution < 1.29 is 4.74 Å². The summed E-state index contributed by atoms with van der Waals surface area (Å²) in [6.07, 6.45) is 1.96. The van der Waals surface area contributed by atoms with Gasteiger partial charge in [0.15, 0.2) is 0 Å². The van der Waals surface area contributed by atoms with Crippen molar-refractivity contribution in [3.63, 3.8) is 0 Å². The van der Waals surface area contributed by atoms with Crippen molar-refractivity contribution in [3.05, 3.63) is 28.8 Å². The maximum absolute atomic E-state index is 6.15. The molecule has 0 saturated heterocycles. The van der Waals surface area contributed by atoms with Gasteiger partial charge in [-0.15, -0.1) is 0 Å². The third-order valence-electron chi connectivity index (χ3n) is 2.61. The van der Waals surface area contributed by atoms with Crippen LogP contribution in [0.4, 0.5) is 5.69 Å². The molecule has 0 aliphatic carbocycles. The summed E-state index contributed by atoms with van der Waals surface area (Å²) in [6.45, 7) is 3.40. The van der Waals surface area contributed by atoms with Crippen LogP contribution < -0.4 is 11.1 Å². The van der Waals surface area contributed by atoms with E-state index in [9.17, 15) is 0 Å². The van der Waals surface area contributed by atoms with Gasteiger partial charge in [0.1, 0.15) is 0 Å². The van der Waals surface area contributed by atoms with E-state index in [1.165, 1.54) is 5.56 Å². The second-order valence-electron chi connectivity index (χ2n) is 4.21. The number of hydrogen-bond donors (Lipinski definition) is 2. The van der Waals surface area contributed by atoms with Crippen LogP contribution in [0.5, 0.6) is 0 Å². The van der Waals surface area contributed by atoms with Gasteiger partial charge < -0.3 is 15.8 Å². The molecule has 3 N–H and O–H groups in total. The quantitative estimate of drug-likeness (QED) is 0.789. The van der Waals surface area contributed by atoms with E-state index in [-0.39, 0.29) is 6.04 Å². The minimum atomic E-state index is 0.253. The summed E-state index contributed by atoms with van der Waals surface area (Å²) in [5.74, 6) is 0. The number of ether oxygens (including phenoxy) is 1. The van der Waals surface area contributed by atoms with Gasteiger partial charge in [0.05, 0.1) is 17.3 Å². The Morgan fingerprint density at radius 2 is 2.24 bits per heavy atom. The molecule has 1 aromatic rings. The van der Waals surface area contributed by atoms with Crippen LogP contribution in [0.1, 0.15) is 18.4 Å². The molecular formula is C13H21ClN2O. The zero-order valence-corrected chi connectivity index (χ0v) is 11.3. The van der Waals surface area contributed by atoms with Crippen molar-refractivity contribution in [1.29, 1.82) is 0 Å². The van der Waals surface area contributed by atoms with E-state index < -0.39 is 0 Å². The highest BCUT2D eigenvalue weighted by Crippen LogP contribution is 2.24. The van der Waals surface area contributed by atoms with E-state index in [1.807, 2.05) is 25.1 Å². The van der Waals surface area contributed by atoms with E-state index in [2.05, 4.69) is 5.32 Å². The summed E-state index contributed by atoms with van der Waals surface area (Å²) in [6, 6.07) is 6.21. The highest BCUT2D eigenvalue weighted by Gasteiger charge is 2.09. The third-order valence-corrected chi connectivity index (χ3v) is 2.94. The van der Waals surface area contributed by atoms with Crippen LogP contribution in [0.2, 0.25) is 5.02 Å². The van der Waals surface area contributed by atoms with Gasteiger partial charge in [-0.3, -0.25) is 0 Å². The van der Waals surface area contributed by atoms with Crippen molar-refractivity contribution in [2.75, 3.05) is 25.6 Å². The molecule has 1 rings (SSSR count). The lowest BCUT2D eigenvalue weighted by Crippen LogP contribution is -2.26. The van der Waals surface area contributed by atoms with Gasteiger partial charge >= 0.3 is 0 Å². The molecule has 0 aliphatic rings. The fourth-order valence-electron chi connectivity index (χ4n) is 1.73. The first kappa shape index (κ1) is 14.3. The molecule has 0 aromatic heterocycles. The van der Waals surface area contributed by atoms with Gasteiger partial charge in [-0.05, 0) is 44.0 Å². The van der Waals surface area contributed by atoms with Crippen LogP contribution in [-0.4, -0.2) is 26.3 Å². The number of nitrogens with one attached hydrogen (secondary N) is 1. The monoisotopic (exact) mass is 256 g/mol. The molecule has 17 heavy (non-hydrogen) atoms. The lowest BCUT2D eigenvalue weighted by Gasteiger charge is -2.20. The minimum absolute atomic E-state index is 0.253. The number of anilines is 1. The van der Waals surface area contributed by atoms with Crippen molar-refractivity contribution in [2.45, 2.75) is 25.8 Å². The largest absolute Gasteiger partial charge is 0.383 e. The number of methoxy groups -OCH3 is 1. The first-order chi connectivity index (χ1) is 8.17. The van der Waals surface area contributed by atoms with Gasteiger partial charge in [0.25, 0.3) is 0 Å². The van der Waals surface area contributed by atoms with Crippen molar-refractivity contribution in [1.82, 2.24) is 0 Å². The number of benzene rings is 1. The molecule has 0 fully saturated rings. The van der Waals surface area contributed by atoms with E-state index in [1.54, 1.807) is 7.11 Å². The van der Waals surface area contributed by atoms with Gasteiger partial charge in [-0.25, -0.2) is 0 Å². The van der Waals surface area contributed by atoms with E-state index in [0.717, 1.165) is 23.6 Å². The highest BCUT2D eigenvalue weighted by molar-refractivity contribution is 6.33. The number of rotatable bonds is 7. The second-order valence-corrected chi connectivity index (χ2v) is 4.62. The normalized spacial score (nSPS) is 12.5. The molecule has 0 aliphatic heterocycles. The smallest absolute Gasteiger partial charge is 0.0664 e. The Balaban J connectivity index is 2.67. The number of aryl methyl sites for hydroxylation is 1. The molecule has 0 radical (unpaired) electrons. The van der Waals surface area contributed by atoms with Crippen molar-refractivity contribution in [2.24, 2.45) is 5.73 Å². The molecular weight excluding hydrogens is 236 g/mol. The summed E-state index contributed by atoms with van der Waals surface area (Å²) < 4.78 is 5.20. The van der Waals surface area contributed by atoms with Gasteiger partial charge in [0.2, 0.25) is 0 Å². The van der Waals surface area contributed by atoms with Crippen LogP contribution in [0.15, 0.2) is 18.2 Å². The Morgan fingerprint density at radius 3 is 2.88 bits per heavy atom. The fourth-order valence-corrected chi connectivity index (χ4v) is 1.90. The molecule has 1 atom stereocenters. The molecule has 0 amide bonds. The number of nitrogens with two attached hydrogens (primary N) is 1. The lowest BCUT2D eigenvalue weighted by molar-refractivity contribution is 0.182. The average Bonchev–Trinajstić information content (AvgIpc) is 2.31. The van der Waals surface area contributed by atoms with E-state index in [0.29, 0.717) is 13.2 Å². The minimum Gasteiger partial charge on any atom is -0.383 e. The SMILES string of the molecule is COCC(CCCN)Nc1cc(C)ccc1Cl. The summed E-state index contributed by atoms with van der Waals surface area (Å²) in [5.41, 5.74) is 7.68. The zero-order valence-electron chi connectivity index (χ0n) is 10.5. The fraction of sp³-hybridized carbons (Fsp3) is 0.538. The Morgan fingerprint density at radius 1 is 1.47 bits per heavy atom. The highest BCUT2D eigenvalue weighted by atomic mass is 35.5. The van der Waals surface area contributed by atoms with Crippen LogP contribution in [0.25, 0.3) is 0 Å². The van der Waals surface area contributed by atoms with Gasteiger partial charge in [0, 0.05) is 13.2 Å². The van der Waals surface area contributed by atoms with Gasteiger partial charge in [-0.2, -0.15) is 0 Å². The molecule has 1 unspecified atom stereocenters.